The van der Waals surface area contributed by atoms with Crippen LogP contribution in [-0.4, -0.2) is 35.6 Å². The fourth-order valence-electron chi connectivity index (χ4n) is 2.46. The van der Waals surface area contributed by atoms with Gasteiger partial charge in [0, 0.05) is 8.95 Å². The lowest BCUT2D eigenvalue weighted by Gasteiger charge is -2.33. The third kappa shape index (κ3) is 5.13. The Balaban J connectivity index is 0.000000208. The molecule has 1 aliphatic heterocycles. The molecule has 0 atom stereocenters. The van der Waals surface area contributed by atoms with Crippen LogP contribution < -0.4 is 4.74 Å². The summed E-state index contributed by atoms with van der Waals surface area (Å²) in [5, 5.41) is 9.21. The second-order valence-corrected chi connectivity index (χ2v) is 7.84. The molecule has 0 saturated heterocycles. The Morgan fingerprint density at radius 1 is 1.15 bits per heavy atom. The molecule has 144 valence electrons. The van der Waals surface area contributed by atoms with E-state index in [2.05, 4.69) is 31.9 Å². The summed E-state index contributed by atoms with van der Waals surface area (Å²) in [6.07, 6.45) is -0.255. The number of rotatable bonds is 3. The van der Waals surface area contributed by atoms with E-state index in [-0.39, 0.29) is 29.5 Å². The first kappa shape index (κ1) is 21.5. The number of alkyl halides is 2. The summed E-state index contributed by atoms with van der Waals surface area (Å²) in [4.78, 5) is 22.5. The monoisotopic (exact) mass is 504 g/mol. The molecule has 27 heavy (non-hydrogen) atoms. The zero-order chi connectivity index (χ0) is 20.2. The number of benzene rings is 2. The van der Waals surface area contributed by atoms with E-state index in [1.54, 1.807) is 30.3 Å². The first-order valence-corrected chi connectivity index (χ1v) is 9.43. The number of fused-ring (bicyclic) bond motifs is 1. The highest BCUT2D eigenvalue weighted by Gasteiger charge is 2.41. The normalized spacial score (nSPS) is 14.5. The number of phenolic OH excluding ortho intramolecular Hbond substituents is 1. The van der Waals surface area contributed by atoms with Crippen LogP contribution >= 0.6 is 31.9 Å². The first-order valence-electron chi connectivity index (χ1n) is 7.84. The maximum atomic E-state index is 12.8. The lowest BCUT2D eigenvalue weighted by atomic mass is 9.92. The van der Waals surface area contributed by atoms with Crippen molar-refractivity contribution in [3.63, 3.8) is 0 Å². The average Bonchev–Trinajstić information content (AvgIpc) is 2.61. The molecule has 0 radical (unpaired) electrons. The Kier molecular flexibility index (Phi) is 7.11. The zero-order valence-corrected chi connectivity index (χ0v) is 17.4. The Hall–Kier alpha value is -1.80. The number of halogens is 4. The van der Waals surface area contributed by atoms with Gasteiger partial charge in [-0.25, -0.2) is 8.78 Å². The van der Waals surface area contributed by atoms with E-state index in [1.807, 2.05) is 0 Å². The van der Waals surface area contributed by atoms with Crippen LogP contribution in [0.1, 0.15) is 34.1 Å². The molecule has 0 aromatic heterocycles. The van der Waals surface area contributed by atoms with Crippen molar-refractivity contribution in [3.05, 3.63) is 56.5 Å². The summed E-state index contributed by atoms with van der Waals surface area (Å²) in [6, 6.07) is 9.63. The minimum Gasteiger partial charge on any atom is -0.507 e. The number of carbonyl (C=O) groups excluding carboxylic acids is 2. The molecule has 1 N–H and O–H groups in total. The minimum absolute atomic E-state index is 0.0203. The molecule has 1 aliphatic rings. The van der Waals surface area contributed by atoms with E-state index in [9.17, 15) is 23.5 Å². The maximum Gasteiger partial charge on any atom is 0.172 e. The summed E-state index contributed by atoms with van der Waals surface area (Å²) in [5.74, 6) is -0.160. The van der Waals surface area contributed by atoms with E-state index in [0.29, 0.717) is 15.6 Å². The van der Waals surface area contributed by atoms with Gasteiger partial charge in [0.25, 0.3) is 0 Å². The Labute approximate surface area is 171 Å². The van der Waals surface area contributed by atoms with Gasteiger partial charge in [0.05, 0.1) is 17.5 Å². The van der Waals surface area contributed by atoms with Crippen molar-refractivity contribution in [3.8, 4) is 11.5 Å². The number of ketones is 2. The molecule has 0 aliphatic carbocycles. The number of Topliss-reactive ketones (excluding diaryl/α,β-unsaturated/α-hetero) is 2. The lowest BCUT2D eigenvalue weighted by molar-refractivity contribution is 0.00426. The molecule has 2 aromatic rings. The second kappa shape index (κ2) is 8.93. The number of aromatic hydroxyl groups is 1. The van der Waals surface area contributed by atoms with Gasteiger partial charge in [-0.15, -0.1) is 0 Å². The molecule has 2 aromatic carbocycles. The fourth-order valence-corrected chi connectivity index (χ4v) is 3.14. The summed E-state index contributed by atoms with van der Waals surface area (Å²) in [7, 11) is 0. The van der Waals surface area contributed by atoms with Crippen molar-refractivity contribution in [2.24, 2.45) is 0 Å². The molecule has 0 spiro atoms. The molecule has 4 nitrogen and oxygen atoms in total. The zero-order valence-electron chi connectivity index (χ0n) is 14.3. The van der Waals surface area contributed by atoms with Crippen molar-refractivity contribution in [1.29, 1.82) is 0 Å². The summed E-state index contributed by atoms with van der Waals surface area (Å²) >= 11 is 6.39. The van der Waals surface area contributed by atoms with Crippen LogP contribution in [0.2, 0.25) is 0 Å². The third-order valence-electron chi connectivity index (χ3n) is 3.88. The maximum absolute atomic E-state index is 12.8. The van der Waals surface area contributed by atoms with Gasteiger partial charge < -0.3 is 9.84 Å². The molecule has 0 saturated carbocycles. The van der Waals surface area contributed by atoms with Crippen LogP contribution in [0.4, 0.5) is 8.78 Å². The van der Waals surface area contributed by atoms with E-state index in [0.717, 1.165) is 4.47 Å². The van der Waals surface area contributed by atoms with Crippen molar-refractivity contribution in [2.45, 2.75) is 18.9 Å². The quantitative estimate of drug-likeness (QED) is 0.563. The number of phenols is 1. The van der Waals surface area contributed by atoms with Crippen molar-refractivity contribution >= 4 is 43.4 Å². The number of ether oxygens (including phenoxy) is 1. The van der Waals surface area contributed by atoms with Crippen LogP contribution in [0.5, 0.6) is 11.5 Å². The molecular weight excluding hydrogens is 490 g/mol. The highest BCUT2D eigenvalue weighted by Crippen LogP contribution is 2.35. The number of carbonyl (C=O) groups is 2. The predicted molar refractivity (Wildman–Crippen MR) is 104 cm³/mol. The predicted octanol–water partition coefficient (Wildman–Crippen LogP) is 5.45. The van der Waals surface area contributed by atoms with Crippen molar-refractivity contribution in [1.82, 2.24) is 0 Å². The van der Waals surface area contributed by atoms with E-state index in [1.165, 1.54) is 13.0 Å². The molecular formula is C19H16Br2F2O4. The molecule has 0 amide bonds. The molecule has 3 rings (SSSR count). The second-order valence-electron chi connectivity index (χ2n) is 6.01. The fraction of sp³-hybridized carbons (Fsp3) is 0.263. The Morgan fingerprint density at radius 3 is 2.30 bits per heavy atom. The molecule has 0 bridgehead atoms. The highest BCUT2D eigenvalue weighted by atomic mass is 79.9. The van der Waals surface area contributed by atoms with Gasteiger partial charge in [-0.3, -0.25) is 9.59 Å². The van der Waals surface area contributed by atoms with E-state index < -0.39 is 19.0 Å². The van der Waals surface area contributed by atoms with Crippen molar-refractivity contribution < 1.29 is 28.2 Å². The minimum atomic E-state index is -1.63. The first-order chi connectivity index (χ1) is 12.7. The Bertz CT molecular complexity index is 867. The largest absolute Gasteiger partial charge is 0.507 e. The number of hydrogen-bond acceptors (Lipinski definition) is 4. The standard InChI is InChI=1S/C11H9BrF2O2.C8H7BrO2/c12-7-1-2-8-9(15)4-11(5-13,6-14)16-10(8)3-7;1-5(10)7-3-2-6(9)4-8(7)11/h1-3H,4-6H2;2-4,11H,1H3. The summed E-state index contributed by atoms with van der Waals surface area (Å²) in [5.41, 5.74) is -0.904. The molecule has 0 fully saturated rings. The molecule has 0 unspecified atom stereocenters. The van der Waals surface area contributed by atoms with Gasteiger partial charge in [0.15, 0.2) is 17.2 Å². The topological polar surface area (TPSA) is 63.6 Å². The van der Waals surface area contributed by atoms with Crippen LogP contribution in [0.3, 0.4) is 0 Å². The third-order valence-corrected chi connectivity index (χ3v) is 4.87. The van der Waals surface area contributed by atoms with E-state index in [4.69, 9.17) is 4.74 Å². The summed E-state index contributed by atoms with van der Waals surface area (Å²) < 4.78 is 32.3. The van der Waals surface area contributed by atoms with Crippen LogP contribution in [0.25, 0.3) is 0 Å². The van der Waals surface area contributed by atoms with Gasteiger partial charge in [0.1, 0.15) is 24.8 Å². The van der Waals surface area contributed by atoms with Gasteiger partial charge in [-0.05, 0) is 43.3 Å². The van der Waals surface area contributed by atoms with Gasteiger partial charge in [-0.2, -0.15) is 0 Å². The Morgan fingerprint density at radius 2 is 1.74 bits per heavy atom. The number of hydrogen-bond donors (Lipinski definition) is 1. The average molecular weight is 506 g/mol. The SMILES string of the molecule is CC(=O)c1ccc(Br)cc1O.O=C1CC(CF)(CF)Oc2cc(Br)ccc21. The van der Waals surface area contributed by atoms with Crippen LogP contribution in [-0.2, 0) is 0 Å². The van der Waals surface area contributed by atoms with Gasteiger partial charge in [0.2, 0.25) is 0 Å². The summed E-state index contributed by atoms with van der Waals surface area (Å²) in [6.45, 7) is -0.606. The smallest absolute Gasteiger partial charge is 0.172 e. The van der Waals surface area contributed by atoms with Gasteiger partial charge >= 0.3 is 0 Å². The van der Waals surface area contributed by atoms with Gasteiger partial charge in [-0.1, -0.05) is 31.9 Å². The molecule has 8 heteroatoms. The van der Waals surface area contributed by atoms with E-state index >= 15 is 0 Å². The van der Waals surface area contributed by atoms with Crippen LogP contribution in [0, 0.1) is 0 Å². The lowest BCUT2D eigenvalue weighted by Crippen LogP contribution is -2.46. The molecule has 1 heterocycles. The van der Waals surface area contributed by atoms with Crippen LogP contribution in [0.15, 0.2) is 45.3 Å². The highest BCUT2D eigenvalue weighted by molar-refractivity contribution is 9.10. The van der Waals surface area contributed by atoms with Crippen molar-refractivity contribution in [2.75, 3.05) is 13.3 Å².